The summed E-state index contributed by atoms with van der Waals surface area (Å²) in [6.07, 6.45) is -0.568. The number of anilines is 1. The summed E-state index contributed by atoms with van der Waals surface area (Å²) in [5.41, 5.74) is 0.631. The van der Waals surface area contributed by atoms with Crippen LogP contribution in [0.5, 0.6) is 5.75 Å². The van der Waals surface area contributed by atoms with Gasteiger partial charge in [0.2, 0.25) is 5.91 Å². The standard InChI is InChI=1S/C16H22N2O4/c1-11(2)15-16(20)18(10-14(19)17-8-9-21-3)12-6-4-5-7-13(12)22-15/h4-7,11,15H,8-10H2,1-3H3,(H,17,19)/t15-/m0/s1. The highest BCUT2D eigenvalue weighted by Gasteiger charge is 2.36. The zero-order chi connectivity index (χ0) is 16.1. The fraction of sp³-hybridized carbons (Fsp3) is 0.500. The molecule has 1 aromatic carbocycles. The van der Waals surface area contributed by atoms with Gasteiger partial charge in [-0.3, -0.25) is 14.5 Å². The Morgan fingerprint density at radius 3 is 2.82 bits per heavy atom. The number of rotatable bonds is 6. The molecule has 0 radical (unpaired) electrons. The lowest BCUT2D eigenvalue weighted by molar-refractivity contribution is -0.130. The van der Waals surface area contributed by atoms with Crippen LogP contribution in [0.3, 0.4) is 0 Å². The van der Waals surface area contributed by atoms with Gasteiger partial charge in [0.1, 0.15) is 12.3 Å². The lowest BCUT2D eigenvalue weighted by Crippen LogP contribution is -2.51. The van der Waals surface area contributed by atoms with Crippen LogP contribution in [0.2, 0.25) is 0 Å². The van der Waals surface area contributed by atoms with Crippen molar-refractivity contribution in [2.24, 2.45) is 5.92 Å². The maximum absolute atomic E-state index is 12.6. The molecule has 6 heteroatoms. The van der Waals surface area contributed by atoms with Crippen LogP contribution in [0.4, 0.5) is 5.69 Å². The summed E-state index contributed by atoms with van der Waals surface area (Å²) in [7, 11) is 1.57. The molecular weight excluding hydrogens is 284 g/mol. The predicted molar refractivity (Wildman–Crippen MR) is 82.9 cm³/mol. The van der Waals surface area contributed by atoms with Crippen molar-refractivity contribution < 1.29 is 19.1 Å². The molecule has 0 bridgehead atoms. The van der Waals surface area contributed by atoms with Gasteiger partial charge in [-0.25, -0.2) is 0 Å². The quantitative estimate of drug-likeness (QED) is 0.802. The summed E-state index contributed by atoms with van der Waals surface area (Å²) in [5.74, 6) is 0.255. The third-order valence-corrected chi connectivity index (χ3v) is 3.45. The van der Waals surface area contributed by atoms with Crippen molar-refractivity contribution in [1.82, 2.24) is 5.32 Å². The van der Waals surface area contributed by atoms with Gasteiger partial charge >= 0.3 is 0 Å². The highest BCUT2D eigenvalue weighted by atomic mass is 16.5. The lowest BCUT2D eigenvalue weighted by Gasteiger charge is -2.35. The number of fused-ring (bicyclic) bond motifs is 1. The molecule has 0 aliphatic carbocycles. The molecule has 1 N–H and O–H groups in total. The van der Waals surface area contributed by atoms with E-state index in [9.17, 15) is 9.59 Å². The highest BCUT2D eigenvalue weighted by Crippen LogP contribution is 2.35. The van der Waals surface area contributed by atoms with Gasteiger partial charge in [0.15, 0.2) is 6.10 Å². The molecule has 1 atom stereocenters. The van der Waals surface area contributed by atoms with E-state index in [-0.39, 0.29) is 24.3 Å². The maximum Gasteiger partial charge on any atom is 0.268 e. The third-order valence-electron chi connectivity index (χ3n) is 3.45. The number of amides is 2. The number of nitrogens with one attached hydrogen (secondary N) is 1. The zero-order valence-electron chi connectivity index (χ0n) is 13.2. The second-order valence-corrected chi connectivity index (χ2v) is 5.52. The summed E-state index contributed by atoms with van der Waals surface area (Å²) in [4.78, 5) is 26.1. The van der Waals surface area contributed by atoms with Crippen LogP contribution in [0, 0.1) is 5.92 Å². The average molecular weight is 306 g/mol. The Morgan fingerprint density at radius 2 is 2.14 bits per heavy atom. The first-order valence-corrected chi connectivity index (χ1v) is 7.37. The number of nitrogens with zero attached hydrogens (tertiary/aromatic N) is 1. The lowest BCUT2D eigenvalue weighted by atomic mass is 10.0. The van der Waals surface area contributed by atoms with Crippen LogP contribution >= 0.6 is 0 Å². The Balaban J connectivity index is 2.16. The van der Waals surface area contributed by atoms with E-state index in [4.69, 9.17) is 9.47 Å². The van der Waals surface area contributed by atoms with E-state index >= 15 is 0 Å². The molecule has 0 aromatic heterocycles. The predicted octanol–water partition coefficient (Wildman–Crippen LogP) is 1.20. The molecule has 1 aliphatic rings. The van der Waals surface area contributed by atoms with Crippen LogP contribution in [0.15, 0.2) is 24.3 Å². The molecule has 0 saturated heterocycles. The van der Waals surface area contributed by atoms with Gasteiger partial charge in [0.25, 0.3) is 5.91 Å². The van der Waals surface area contributed by atoms with Gasteiger partial charge in [0.05, 0.1) is 12.3 Å². The van der Waals surface area contributed by atoms with Crippen LogP contribution in [-0.4, -0.2) is 44.7 Å². The van der Waals surface area contributed by atoms with Crippen molar-refractivity contribution in [1.29, 1.82) is 0 Å². The molecule has 1 aliphatic heterocycles. The van der Waals surface area contributed by atoms with E-state index < -0.39 is 6.10 Å². The fourth-order valence-corrected chi connectivity index (χ4v) is 2.32. The van der Waals surface area contributed by atoms with Crippen molar-refractivity contribution in [3.8, 4) is 5.75 Å². The first-order chi connectivity index (χ1) is 10.5. The molecule has 6 nitrogen and oxygen atoms in total. The molecule has 2 rings (SSSR count). The fourth-order valence-electron chi connectivity index (χ4n) is 2.32. The smallest absolute Gasteiger partial charge is 0.268 e. The van der Waals surface area contributed by atoms with Crippen molar-refractivity contribution >= 4 is 17.5 Å². The molecule has 1 heterocycles. The van der Waals surface area contributed by atoms with E-state index in [1.165, 1.54) is 4.90 Å². The van der Waals surface area contributed by atoms with Crippen LogP contribution < -0.4 is 15.0 Å². The number of para-hydroxylation sites is 2. The van der Waals surface area contributed by atoms with Crippen molar-refractivity contribution in [3.63, 3.8) is 0 Å². The summed E-state index contributed by atoms with van der Waals surface area (Å²) >= 11 is 0. The van der Waals surface area contributed by atoms with E-state index in [0.29, 0.717) is 24.6 Å². The van der Waals surface area contributed by atoms with E-state index in [2.05, 4.69) is 5.32 Å². The SMILES string of the molecule is COCCNC(=O)CN1C(=O)[C@H](C(C)C)Oc2ccccc21. The first-order valence-electron chi connectivity index (χ1n) is 7.37. The number of methoxy groups -OCH3 is 1. The molecule has 2 amide bonds. The molecule has 0 fully saturated rings. The molecule has 0 unspecified atom stereocenters. The van der Waals surface area contributed by atoms with Crippen molar-refractivity contribution in [2.45, 2.75) is 20.0 Å². The molecule has 1 aromatic rings. The Morgan fingerprint density at radius 1 is 1.41 bits per heavy atom. The zero-order valence-corrected chi connectivity index (χ0v) is 13.2. The number of ether oxygens (including phenoxy) is 2. The normalized spacial score (nSPS) is 17.2. The number of hydrogen-bond acceptors (Lipinski definition) is 4. The minimum absolute atomic E-state index is 0.0217. The van der Waals surface area contributed by atoms with Crippen molar-refractivity contribution in [3.05, 3.63) is 24.3 Å². The number of benzene rings is 1. The summed E-state index contributed by atoms with van der Waals surface area (Å²) in [6, 6.07) is 7.27. The van der Waals surface area contributed by atoms with Gasteiger partial charge in [-0.1, -0.05) is 26.0 Å². The van der Waals surface area contributed by atoms with Crippen molar-refractivity contribution in [2.75, 3.05) is 31.7 Å². The first kappa shape index (κ1) is 16.3. The van der Waals surface area contributed by atoms with Gasteiger partial charge < -0.3 is 14.8 Å². The van der Waals surface area contributed by atoms with Crippen LogP contribution in [0.1, 0.15) is 13.8 Å². The van der Waals surface area contributed by atoms with Gasteiger partial charge in [-0.2, -0.15) is 0 Å². The molecule has 22 heavy (non-hydrogen) atoms. The monoisotopic (exact) mass is 306 g/mol. The van der Waals surface area contributed by atoms with E-state index in [0.717, 1.165) is 0 Å². The Kier molecular flexibility index (Phi) is 5.38. The van der Waals surface area contributed by atoms with Crippen LogP contribution in [0.25, 0.3) is 0 Å². The molecule has 0 spiro atoms. The molecule has 0 saturated carbocycles. The van der Waals surface area contributed by atoms with Crippen LogP contribution in [-0.2, 0) is 14.3 Å². The second-order valence-electron chi connectivity index (χ2n) is 5.52. The highest BCUT2D eigenvalue weighted by molar-refractivity contribution is 6.03. The minimum atomic E-state index is -0.568. The molecule has 120 valence electrons. The van der Waals surface area contributed by atoms with Gasteiger partial charge in [0, 0.05) is 13.7 Å². The second kappa shape index (κ2) is 7.26. The topological polar surface area (TPSA) is 67.9 Å². The Labute approximate surface area is 130 Å². The summed E-state index contributed by atoms with van der Waals surface area (Å²) < 4.78 is 10.7. The number of hydrogen-bond donors (Lipinski definition) is 1. The summed E-state index contributed by atoms with van der Waals surface area (Å²) in [6.45, 7) is 4.68. The largest absolute Gasteiger partial charge is 0.478 e. The van der Waals surface area contributed by atoms with Gasteiger partial charge in [-0.15, -0.1) is 0 Å². The molecular formula is C16H22N2O4. The Hall–Kier alpha value is -2.08. The minimum Gasteiger partial charge on any atom is -0.478 e. The Bertz CT molecular complexity index is 545. The number of carbonyl (C=O) groups excluding carboxylic acids is 2. The number of carbonyl (C=O) groups is 2. The summed E-state index contributed by atoms with van der Waals surface area (Å²) in [5, 5.41) is 2.73. The van der Waals surface area contributed by atoms with Gasteiger partial charge in [-0.05, 0) is 18.1 Å². The van der Waals surface area contributed by atoms with E-state index in [1.807, 2.05) is 32.0 Å². The van der Waals surface area contributed by atoms with E-state index in [1.54, 1.807) is 13.2 Å². The average Bonchev–Trinajstić information content (AvgIpc) is 2.50. The third kappa shape index (κ3) is 3.57. The maximum atomic E-state index is 12.6.